The Balaban J connectivity index is 0.000000265. The summed E-state index contributed by atoms with van der Waals surface area (Å²) < 4.78 is 4.91. The molecule has 0 amide bonds. The first-order valence-corrected chi connectivity index (χ1v) is 6.63. The van der Waals surface area contributed by atoms with Crippen LogP contribution in [0.5, 0.6) is 5.75 Å². The Morgan fingerprint density at radius 1 is 1.06 bits per heavy atom. The fourth-order valence-electron chi connectivity index (χ4n) is 1.77. The zero-order chi connectivity index (χ0) is 12.9. The highest BCUT2D eigenvalue weighted by atomic mass is 16.5. The molecule has 1 aromatic carbocycles. The van der Waals surface area contributed by atoms with E-state index in [4.69, 9.17) is 4.74 Å². The Bertz CT molecular complexity index is 242. The van der Waals surface area contributed by atoms with Crippen molar-refractivity contribution in [2.75, 3.05) is 14.2 Å². The molecule has 1 aromatic rings. The minimum atomic E-state index is 0.847. The highest BCUT2D eigenvalue weighted by Gasteiger charge is 2.10. The van der Waals surface area contributed by atoms with Crippen LogP contribution in [0.1, 0.15) is 39.5 Å². The van der Waals surface area contributed by atoms with Crippen LogP contribution in [-0.2, 0) is 0 Å². The Morgan fingerprint density at radius 3 is 1.88 bits per heavy atom. The van der Waals surface area contributed by atoms with Gasteiger partial charge in [0.15, 0.2) is 0 Å². The van der Waals surface area contributed by atoms with Crippen molar-refractivity contribution in [1.82, 2.24) is 5.32 Å². The first kappa shape index (κ1) is 16.0. The fraction of sp³-hybridized carbons (Fsp3) is 0.600. The normalized spacial score (nSPS) is 14.1. The molecule has 0 aromatic heterocycles. The Kier molecular flexibility index (Phi) is 10.8. The lowest BCUT2D eigenvalue weighted by molar-refractivity contribution is 0.415. The summed E-state index contributed by atoms with van der Waals surface area (Å²) in [5.41, 5.74) is 0. The zero-order valence-corrected chi connectivity index (χ0v) is 11.7. The Morgan fingerprint density at radius 2 is 1.59 bits per heavy atom. The molecule has 0 atom stereocenters. The van der Waals surface area contributed by atoms with Crippen molar-refractivity contribution in [3.8, 4) is 5.75 Å². The monoisotopic (exact) mass is 237 g/mol. The summed E-state index contributed by atoms with van der Waals surface area (Å²) in [5, 5.41) is 3.26. The molecule has 0 heterocycles. The van der Waals surface area contributed by atoms with Crippen LogP contribution in [0.4, 0.5) is 0 Å². The van der Waals surface area contributed by atoms with E-state index in [2.05, 4.69) is 12.4 Å². The number of ether oxygens (including phenoxy) is 1. The lowest BCUT2D eigenvalue weighted by atomic mass is 10.3. The maximum atomic E-state index is 4.91. The van der Waals surface area contributed by atoms with Crippen molar-refractivity contribution >= 4 is 0 Å². The van der Waals surface area contributed by atoms with Crippen LogP contribution < -0.4 is 10.1 Å². The minimum absolute atomic E-state index is 0.847. The summed E-state index contributed by atoms with van der Waals surface area (Å²) in [7, 11) is 3.71. The molecule has 1 N–H and O–H groups in total. The second-order valence-corrected chi connectivity index (χ2v) is 3.79. The maximum Gasteiger partial charge on any atom is 0.118 e. The van der Waals surface area contributed by atoms with E-state index in [1.54, 1.807) is 7.11 Å². The van der Waals surface area contributed by atoms with E-state index in [0.717, 1.165) is 11.8 Å². The number of nitrogens with one attached hydrogen (secondary N) is 1. The van der Waals surface area contributed by atoms with Gasteiger partial charge in [-0.3, -0.25) is 0 Å². The molecule has 1 saturated carbocycles. The van der Waals surface area contributed by atoms with Gasteiger partial charge in [0, 0.05) is 6.04 Å². The van der Waals surface area contributed by atoms with Gasteiger partial charge in [-0.2, -0.15) is 0 Å². The molecule has 17 heavy (non-hydrogen) atoms. The van der Waals surface area contributed by atoms with E-state index in [-0.39, 0.29) is 0 Å². The molecule has 2 rings (SSSR count). The molecule has 0 bridgehead atoms. The fourth-order valence-corrected chi connectivity index (χ4v) is 1.77. The first-order valence-electron chi connectivity index (χ1n) is 6.63. The van der Waals surface area contributed by atoms with Crippen molar-refractivity contribution in [3.63, 3.8) is 0 Å². The Hall–Kier alpha value is -1.02. The van der Waals surface area contributed by atoms with Crippen LogP contribution in [0, 0.1) is 0 Å². The van der Waals surface area contributed by atoms with Gasteiger partial charge in [0.05, 0.1) is 7.11 Å². The summed E-state index contributed by atoms with van der Waals surface area (Å²) >= 11 is 0. The van der Waals surface area contributed by atoms with Crippen LogP contribution in [-0.4, -0.2) is 20.2 Å². The SMILES string of the molecule is CC.CNC1CCCC1.COc1ccccc1. The summed E-state index contributed by atoms with van der Waals surface area (Å²) in [4.78, 5) is 0. The van der Waals surface area contributed by atoms with Crippen LogP contribution >= 0.6 is 0 Å². The number of hydrogen-bond donors (Lipinski definition) is 1. The molecule has 98 valence electrons. The molecule has 2 nitrogen and oxygen atoms in total. The number of para-hydroxylation sites is 1. The first-order chi connectivity index (χ1) is 8.36. The predicted octanol–water partition coefficient (Wildman–Crippen LogP) is 3.87. The van der Waals surface area contributed by atoms with Gasteiger partial charge in [0.2, 0.25) is 0 Å². The minimum Gasteiger partial charge on any atom is -0.497 e. The van der Waals surface area contributed by atoms with Crippen molar-refractivity contribution in [2.24, 2.45) is 0 Å². The largest absolute Gasteiger partial charge is 0.497 e. The number of rotatable bonds is 2. The maximum absolute atomic E-state index is 4.91. The van der Waals surface area contributed by atoms with Crippen LogP contribution in [0.2, 0.25) is 0 Å². The molecule has 1 fully saturated rings. The zero-order valence-electron chi connectivity index (χ0n) is 11.7. The van der Waals surface area contributed by atoms with Crippen molar-refractivity contribution in [3.05, 3.63) is 30.3 Å². The van der Waals surface area contributed by atoms with Crippen LogP contribution in [0.25, 0.3) is 0 Å². The average Bonchev–Trinajstić information content (AvgIpc) is 2.96. The smallest absolute Gasteiger partial charge is 0.118 e. The van der Waals surface area contributed by atoms with Crippen molar-refractivity contribution in [1.29, 1.82) is 0 Å². The highest BCUT2D eigenvalue weighted by Crippen LogP contribution is 2.16. The van der Waals surface area contributed by atoms with Crippen LogP contribution in [0.15, 0.2) is 30.3 Å². The van der Waals surface area contributed by atoms with Crippen molar-refractivity contribution < 1.29 is 4.74 Å². The molecule has 0 aliphatic heterocycles. The number of hydrogen-bond acceptors (Lipinski definition) is 2. The van der Waals surface area contributed by atoms with Gasteiger partial charge in [-0.1, -0.05) is 44.9 Å². The predicted molar refractivity (Wildman–Crippen MR) is 75.7 cm³/mol. The molecule has 0 spiro atoms. The van der Waals surface area contributed by atoms with Gasteiger partial charge in [-0.05, 0) is 32.0 Å². The molecule has 0 unspecified atom stereocenters. The number of methoxy groups -OCH3 is 1. The van der Waals surface area contributed by atoms with Gasteiger partial charge in [0.25, 0.3) is 0 Å². The van der Waals surface area contributed by atoms with Crippen molar-refractivity contribution in [2.45, 2.75) is 45.6 Å². The van der Waals surface area contributed by atoms with E-state index >= 15 is 0 Å². The van der Waals surface area contributed by atoms with E-state index in [0.29, 0.717) is 0 Å². The van der Waals surface area contributed by atoms with Gasteiger partial charge in [0.1, 0.15) is 5.75 Å². The number of benzene rings is 1. The third-order valence-corrected chi connectivity index (χ3v) is 2.74. The average molecular weight is 237 g/mol. The third kappa shape index (κ3) is 7.81. The van der Waals surface area contributed by atoms with E-state index in [1.807, 2.05) is 44.2 Å². The summed E-state index contributed by atoms with van der Waals surface area (Å²) in [5.74, 6) is 0.910. The van der Waals surface area contributed by atoms with E-state index in [1.165, 1.54) is 25.7 Å². The van der Waals surface area contributed by atoms with E-state index < -0.39 is 0 Å². The highest BCUT2D eigenvalue weighted by molar-refractivity contribution is 5.20. The lowest BCUT2D eigenvalue weighted by Gasteiger charge is -2.03. The standard InChI is InChI=1S/C7H8O.C6H13N.C2H6/c1-8-7-5-3-2-4-6-7;1-7-6-4-2-3-5-6;1-2/h2-6H,1H3;6-7H,2-5H2,1H3;1-2H3. The lowest BCUT2D eigenvalue weighted by Crippen LogP contribution is -2.20. The molecule has 1 aliphatic rings. The van der Waals surface area contributed by atoms with Gasteiger partial charge < -0.3 is 10.1 Å². The quantitative estimate of drug-likeness (QED) is 0.843. The molecule has 0 saturated heterocycles. The summed E-state index contributed by atoms with van der Waals surface area (Å²) in [6.07, 6.45) is 5.67. The van der Waals surface area contributed by atoms with Gasteiger partial charge >= 0.3 is 0 Å². The van der Waals surface area contributed by atoms with Gasteiger partial charge in [-0.15, -0.1) is 0 Å². The molecular weight excluding hydrogens is 210 g/mol. The van der Waals surface area contributed by atoms with Gasteiger partial charge in [-0.25, -0.2) is 0 Å². The third-order valence-electron chi connectivity index (χ3n) is 2.74. The molecule has 1 aliphatic carbocycles. The topological polar surface area (TPSA) is 21.3 Å². The van der Waals surface area contributed by atoms with E-state index in [9.17, 15) is 0 Å². The van der Waals surface area contributed by atoms with Crippen LogP contribution in [0.3, 0.4) is 0 Å². The summed E-state index contributed by atoms with van der Waals surface area (Å²) in [6.45, 7) is 4.00. The second-order valence-electron chi connectivity index (χ2n) is 3.79. The molecule has 0 radical (unpaired) electrons. The Labute approximate surface area is 106 Å². The second kappa shape index (κ2) is 11.5. The molecule has 2 heteroatoms. The summed E-state index contributed by atoms with van der Waals surface area (Å²) in [6, 6.07) is 10.5. The molecular formula is C15H27NO.